The Kier molecular flexibility index (Phi) is 6.05. The van der Waals surface area contributed by atoms with E-state index in [9.17, 15) is 4.57 Å². The number of nitrogens with one attached hydrogen (secondary N) is 1. The van der Waals surface area contributed by atoms with Crippen LogP contribution in [0.1, 0.15) is 25.0 Å². The Hall–Kier alpha value is -1.16. The van der Waals surface area contributed by atoms with Gasteiger partial charge in [0, 0.05) is 0 Å². The van der Waals surface area contributed by atoms with Gasteiger partial charge >= 0.3 is 7.75 Å². The molecular weight excluding hydrogens is 251 g/mol. The number of aryl methyl sites for hydroxylation is 1. The molecule has 0 aromatic heterocycles. The SMILES string of the molecule is CCOP(=O)(N/N=C/c1ccccc1C)OCC. The summed E-state index contributed by atoms with van der Waals surface area (Å²) in [4.78, 5) is 0. The third-order valence-corrected chi connectivity index (χ3v) is 3.73. The molecule has 5 nitrogen and oxygen atoms in total. The highest BCUT2D eigenvalue weighted by molar-refractivity contribution is 7.51. The van der Waals surface area contributed by atoms with Gasteiger partial charge in [0.05, 0.1) is 19.4 Å². The third-order valence-electron chi connectivity index (χ3n) is 2.17. The lowest BCUT2D eigenvalue weighted by molar-refractivity contribution is 0.211. The fourth-order valence-corrected chi connectivity index (χ4v) is 2.40. The number of hydrogen-bond acceptors (Lipinski definition) is 4. The molecule has 0 aliphatic rings. The van der Waals surface area contributed by atoms with E-state index in [2.05, 4.69) is 10.3 Å². The van der Waals surface area contributed by atoms with Crippen LogP contribution in [0.3, 0.4) is 0 Å². The topological polar surface area (TPSA) is 59.9 Å². The monoisotopic (exact) mass is 270 g/mol. The summed E-state index contributed by atoms with van der Waals surface area (Å²) in [7, 11) is -3.32. The number of nitrogens with zero attached hydrogens (tertiary/aromatic N) is 1. The van der Waals surface area contributed by atoms with Crippen molar-refractivity contribution < 1.29 is 13.6 Å². The first-order chi connectivity index (χ1) is 8.61. The van der Waals surface area contributed by atoms with Crippen molar-refractivity contribution in [2.24, 2.45) is 5.10 Å². The number of benzene rings is 1. The molecule has 18 heavy (non-hydrogen) atoms. The van der Waals surface area contributed by atoms with Gasteiger partial charge in [0.25, 0.3) is 0 Å². The maximum Gasteiger partial charge on any atom is 0.448 e. The van der Waals surface area contributed by atoms with E-state index in [0.717, 1.165) is 11.1 Å². The van der Waals surface area contributed by atoms with Crippen LogP contribution in [0.5, 0.6) is 0 Å². The largest absolute Gasteiger partial charge is 0.448 e. The zero-order valence-electron chi connectivity index (χ0n) is 10.9. The molecule has 0 heterocycles. The lowest BCUT2D eigenvalue weighted by Crippen LogP contribution is -2.09. The van der Waals surface area contributed by atoms with Crippen molar-refractivity contribution in [2.45, 2.75) is 20.8 Å². The lowest BCUT2D eigenvalue weighted by Gasteiger charge is -2.15. The van der Waals surface area contributed by atoms with Gasteiger partial charge in [0.1, 0.15) is 0 Å². The minimum absolute atomic E-state index is 0.296. The van der Waals surface area contributed by atoms with Gasteiger partial charge < -0.3 is 0 Å². The van der Waals surface area contributed by atoms with Crippen LogP contribution >= 0.6 is 7.75 Å². The molecule has 0 aliphatic heterocycles. The van der Waals surface area contributed by atoms with E-state index in [-0.39, 0.29) is 0 Å². The minimum atomic E-state index is -3.32. The van der Waals surface area contributed by atoms with E-state index in [1.54, 1.807) is 20.1 Å². The molecule has 0 saturated heterocycles. The van der Waals surface area contributed by atoms with E-state index in [1.165, 1.54) is 0 Å². The van der Waals surface area contributed by atoms with Crippen LogP contribution in [-0.4, -0.2) is 19.4 Å². The minimum Gasteiger partial charge on any atom is -0.292 e. The summed E-state index contributed by atoms with van der Waals surface area (Å²) >= 11 is 0. The summed E-state index contributed by atoms with van der Waals surface area (Å²) in [5, 5.41) is 6.38. The number of hydrazone groups is 1. The van der Waals surface area contributed by atoms with Crippen molar-refractivity contribution in [3.8, 4) is 0 Å². The second-order valence-corrected chi connectivity index (χ2v) is 5.26. The van der Waals surface area contributed by atoms with E-state index in [0.29, 0.717) is 13.2 Å². The summed E-state index contributed by atoms with van der Waals surface area (Å²) in [6.07, 6.45) is 1.60. The van der Waals surface area contributed by atoms with Gasteiger partial charge in [0.15, 0.2) is 0 Å². The van der Waals surface area contributed by atoms with Gasteiger partial charge in [0.2, 0.25) is 0 Å². The smallest absolute Gasteiger partial charge is 0.292 e. The van der Waals surface area contributed by atoms with Crippen LogP contribution in [0, 0.1) is 6.92 Å². The fraction of sp³-hybridized carbons (Fsp3) is 0.417. The van der Waals surface area contributed by atoms with Crippen molar-refractivity contribution in [3.63, 3.8) is 0 Å². The Balaban J connectivity index is 2.68. The Labute approximate surface area is 108 Å². The molecule has 1 aromatic carbocycles. The molecule has 0 atom stereocenters. The molecular formula is C12H19N2O3P. The van der Waals surface area contributed by atoms with Crippen molar-refractivity contribution in [3.05, 3.63) is 35.4 Å². The van der Waals surface area contributed by atoms with Gasteiger partial charge in [-0.1, -0.05) is 24.3 Å². The fourth-order valence-electron chi connectivity index (χ4n) is 1.34. The van der Waals surface area contributed by atoms with E-state index < -0.39 is 7.75 Å². The number of rotatable bonds is 7. The average Bonchev–Trinajstić information content (AvgIpc) is 2.32. The highest BCUT2D eigenvalue weighted by Crippen LogP contribution is 2.43. The third kappa shape index (κ3) is 4.61. The molecule has 0 bridgehead atoms. The Morgan fingerprint density at radius 1 is 1.28 bits per heavy atom. The van der Waals surface area contributed by atoms with Crippen molar-refractivity contribution in [2.75, 3.05) is 13.2 Å². The quantitative estimate of drug-likeness (QED) is 0.470. The van der Waals surface area contributed by atoms with Crippen molar-refractivity contribution >= 4 is 14.0 Å². The molecule has 0 fully saturated rings. The van der Waals surface area contributed by atoms with E-state index in [1.807, 2.05) is 31.2 Å². The summed E-state index contributed by atoms with van der Waals surface area (Å²) in [6.45, 7) is 6.07. The summed E-state index contributed by atoms with van der Waals surface area (Å²) < 4.78 is 22.1. The first kappa shape index (κ1) is 14.9. The molecule has 0 aliphatic carbocycles. The molecule has 100 valence electrons. The van der Waals surface area contributed by atoms with Gasteiger partial charge in [-0.25, -0.2) is 9.76 Å². The standard InChI is InChI=1S/C12H19N2O3P/c1-4-16-18(15,17-5-2)14-13-10-12-9-7-6-8-11(12)3/h6-10H,4-5H2,1-3H3,(H,14,15)/b13-10+. The normalized spacial score (nSPS) is 11.9. The highest BCUT2D eigenvalue weighted by Gasteiger charge is 2.22. The van der Waals surface area contributed by atoms with Gasteiger partial charge in [-0.3, -0.25) is 9.05 Å². The molecule has 1 rings (SSSR count). The second kappa shape index (κ2) is 7.31. The summed E-state index contributed by atoms with van der Waals surface area (Å²) in [6, 6.07) is 7.77. The number of hydrogen-bond donors (Lipinski definition) is 1. The predicted molar refractivity (Wildman–Crippen MR) is 72.8 cm³/mol. The summed E-state index contributed by atoms with van der Waals surface area (Å²) in [5.74, 6) is 0. The van der Waals surface area contributed by atoms with E-state index >= 15 is 0 Å². The molecule has 1 aromatic rings. The lowest BCUT2D eigenvalue weighted by atomic mass is 10.1. The maximum atomic E-state index is 12.0. The molecule has 0 amide bonds. The second-order valence-electron chi connectivity index (χ2n) is 3.55. The van der Waals surface area contributed by atoms with Crippen LogP contribution < -0.4 is 5.20 Å². The van der Waals surface area contributed by atoms with Crippen molar-refractivity contribution in [1.82, 2.24) is 5.20 Å². The Bertz CT molecular complexity index is 439. The van der Waals surface area contributed by atoms with Crippen LogP contribution in [0.15, 0.2) is 29.4 Å². The van der Waals surface area contributed by atoms with Gasteiger partial charge in [-0.05, 0) is 31.9 Å². The van der Waals surface area contributed by atoms with Gasteiger partial charge in [-0.15, -0.1) is 0 Å². The van der Waals surface area contributed by atoms with Crippen LogP contribution in [0.2, 0.25) is 0 Å². The summed E-state index contributed by atoms with van der Waals surface area (Å²) in [5.41, 5.74) is 2.04. The zero-order chi connectivity index (χ0) is 13.4. The maximum absolute atomic E-state index is 12.0. The van der Waals surface area contributed by atoms with Gasteiger partial charge in [-0.2, -0.15) is 5.10 Å². The molecule has 0 radical (unpaired) electrons. The first-order valence-electron chi connectivity index (χ1n) is 5.86. The Morgan fingerprint density at radius 3 is 2.44 bits per heavy atom. The molecule has 0 spiro atoms. The van der Waals surface area contributed by atoms with Crippen molar-refractivity contribution in [1.29, 1.82) is 0 Å². The average molecular weight is 270 g/mol. The Morgan fingerprint density at radius 2 is 1.89 bits per heavy atom. The van der Waals surface area contributed by atoms with Crippen LogP contribution in [-0.2, 0) is 13.6 Å². The highest BCUT2D eigenvalue weighted by atomic mass is 31.2. The van der Waals surface area contributed by atoms with Crippen LogP contribution in [0.4, 0.5) is 0 Å². The van der Waals surface area contributed by atoms with E-state index in [4.69, 9.17) is 9.05 Å². The molecule has 0 unspecified atom stereocenters. The zero-order valence-corrected chi connectivity index (χ0v) is 11.8. The molecule has 0 saturated carbocycles. The first-order valence-corrected chi connectivity index (χ1v) is 7.40. The molecule has 1 N–H and O–H groups in total. The predicted octanol–water partition coefficient (Wildman–Crippen LogP) is 3.10. The van der Waals surface area contributed by atoms with Crippen LogP contribution in [0.25, 0.3) is 0 Å². The molecule has 6 heteroatoms.